The Labute approximate surface area is 111 Å². The minimum Gasteiger partial charge on any atom is -0.444 e. The first kappa shape index (κ1) is 16.2. The first-order valence-electron chi connectivity index (χ1n) is 5.47. The number of alkyl carbamates (subject to hydrolysis) is 1. The van der Waals surface area contributed by atoms with Crippen LogP contribution in [0.3, 0.4) is 0 Å². The molecule has 0 bridgehead atoms. The first-order chi connectivity index (χ1) is 7.65. The van der Waals surface area contributed by atoms with Crippen molar-refractivity contribution in [3.05, 3.63) is 10.6 Å². The predicted molar refractivity (Wildman–Crippen MR) is 71.1 cm³/mol. The highest BCUT2D eigenvalue weighted by molar-refractivity contribution is 9.12. The number of carbonyl (C=O) groups excluding carboxylic acids is 2. The molecule has 0 fully saturated rings. The van der Waals surface area contributed by atoms with Crippen molar-refractivity contribution in [3.8, 4) is 0 Å². The normalized spacial score (nSPS) is 14.4. The number of hydrogen-bond acceptors (Lipinski definition) is 3. The topological polar surface area (TPSA) is 55.4 Å². The van der Waals surface area contributed by atoms with E-state index < -0.39 is 11.7 Å². The van der Waals surface area contributed by atoms with Gasteiger partial charge in [0, 0.05) is 0 Å². The summed E-state index contributed by atoms with van der Waals surface area (Å²) in [6.45, 7) is 9.30. The van der Waals surface area contributed by atoms with E-state index in [1.165, 1.54) is 0 Å². The van der Waals surface area contributed by atoms with Crippen molar-refractivity contribution in [2.75, 3.05) is 0 Å². The molecule has 17 heavy (non-hydrogen) atoms. The van der Waals surface area contributed by atoms with Crippen LogP contribution in [0.15, 0.2) is 10.6 Å². The number of aldehydes is 1. The van der Waals surface area contributed by atoms with Crippen molar-refractivity contribution in [3.63, 3.8) is 0 Å². The van der Waals surface area contributed by atoms with E-state index in [4.69, 9.17) is 4.74 Å². The number of rotatable bonds is 4. The van der Waals surface area contributed by atoms with Gasteiger partial charge in [-0.15, -0.1) is 0 Å². The van der Waals surface area contributed by atoms with Gasteiger partial charge in [0.15, 0.2) is 6.29 Å². The molecule has 0 spiro atoms. The van der Waals surface area contributed by atoms with Crippen molar-refractivity contribution in [2.45, 2.75) is 46.3 Å². The summed E-state index contributed by atoms with van der Waals surface area (Å²) < 4.78 is 5.56. The van der Waals surface area contributed by atoms with Gasteiger partial charge in [0.05, 0.1) is 10.5 Å². The van der Waals surface area contributed by atoms with E-state index in [0.29, 0.717) is 10.8 Å². The fraction of sp³-hybridized carbons (Fsp3) is 0.667. The van der Waals surface area contributed by atoms with Gasteiger partial charge < -0.3 is 10.1 Å². The summed E-state index contributed by atoms with van der Waals surface area (Å²) >= 11 is 3.10. The molecule has 0 aliphatic rings. The molecule has 0 heterocycles. The van der Waals surface area contributed by atoms with Crippen molar-refractivity contribution in [1.29, 1.82) is 0 Å². The van der Waals surface area contributed by atoms with E-state index in [-0.39, 0.29) is 12.0 Å². The molecule has 1 unspecified atom stereocenters. The molecular weight excluding hydrogens is 286 g/mol. The van der Waals surface area contributed by atoms with Crippen LogP contribution in [0.4, 0.5) is 4.79 Å². The zero-order chi connectivity index (χ0) is 13.6. The highest BCUT2D eigenvalue weighted by Gasteiger charge is 2.20. The van der Waals surface area contributed by atoms with Gasteiger partial charge in [-0.25, -0.2) is 4.79 Å². The third kappa shape index (κ3) is 7.96. The van der Waals surface area contributed by atoms with Gasteiger partial charge in [-0.1, -0.05) is 13.8 Å². The number of hydrogen-bond donors (Lipinski definition) is 1. The minimum absolute atomic E-state index is 0.162. The SMILES string of the molecule is CC(C)C(/C=C(/Br)C=O)NC(=O)OC(C)(C)C. The quantitative estimate of drug-likeness (QED) is 0.641. The van der Waals surface area contributed by atoms with Crippen LogP contribution in [-0.2, 0) is 9.53 Å². The van der Waals surface area contributed by atoms with Gasteiger partial charge in [-0.2, -0.15) is 0 Å². The number of halogens is 1. The maximum absolute atomic E-state index is 11.6. The number of allylic oxidation sites excluding steroid dienone is 1. The average molecular weight is 306 g/mol. The van der Waals surface area contributed by atoms with Gasteiger partial charge in [0.25, 0.3) is 0 Å². The van der Waals surface area contributed by atoms with Gasteiger partial charge in [0.2, 0.25) is 0 Å². The lowest BCUT2D eigenvalue weighted by atomic mass is 10.0. The van der Waals surface area contributed by atoms with Crippen LogP contribution >= 0.6 is 15.9 Å². The van der Waals surface area contributed by atoms with E-state index in [9.17, 15) is 9.59 Å². The van der Waals surface area contributed by atoms with Crippen LogP contribution < -0.4 is 5.32 Å². The summed E-state index contributed by atoms with van der Waals surface area (Å²) in [5.74, 6) is 0.162. The molecule has 0 saturated heterocycles. The van der Waals surface area contributed by atoms with Crippen molar-refractivity contribution >= 4 is 28.3 Å². The molecule has 1 amide bonds. The van der Waals surface area contributed by atoms with E-state index in [0.717, 1.165) is 0 Å². The standard InChI is InChI=1S/C12H20BrNO3/c1-8(2)10(6-9(13)7-15)14-11(16)17-12(3,4)5/h6-8,10H,1-5H3,(H,14,16)/b9-6+. The number of ether oxygens (including phenoxy) is 1. The Morgan fingerprint density at radius 2 is 1.88 bits per heavy atom. The second-order valence-electron chi connectivity index (χ2n) is 5.09. The fourth-order valence-corrected chi connectivity index (χ4v) is 1.34. The summed E-state index contributed by atoms with van der Waals surface area (Å²) in [5, 5.41) is 2.71. The van der Waals surface area contributed by atoms with Crippen LogP contribution in [-0.4, -0.2) is 24.0 Å². The van der Waals surface area contributed by atoms with E-state index in [2.05, 4.69) is 21.2 Å². The third-order valence-electron chi connectivity index (χ3n) is 1.85. The maximum Gasteiger partial charge on any atom is 0.408 e. The second-order valence-corrected chi connectivity index (χ2v) is 6.00. The molecule has 0 radical (unpaired) electrons. The number of amides is 1. The molecule has 0 rings (SSSR count). The Morgan fingerprint density at radius 1 is 1.35 bits per heavy atom. The van der Waals surface area contributed by atoms with Gasteiger partial charge in [0.1, 0.15) is 5.60 Å². The number of carbonyl (C=O) groups is 2. The monoisotopic (exact) mass is 305 g/mol. The Balaban J connectivity index is 4.57. The van der Waals surface area contributed by atoms with Crippen molar-refractivity contribution in [2.24, 2.45) is 5.92 Å². The molecule has 0 aliphatic heterocycles. The Hall–Kier alpha value is -0.840. The van der Waals surface area contributed by atoms with E-state index in [1.54, 1.807) is 26.8 Å². The molecule has 0 aromatic carbocycles. The van der Waals surface area contributed by atoms with Crippen molar-refractivity contribution < 1.29 is 14.3 Å². The summed E-state index contributed by atoms with van der Waals surface area (Å²) in [7, 11) is 0. The molecule has 98 valence electrons. The zero-order valence-corrected chi connectivity index (χ0v) is 12.5. The van der Waals surface area contributed by atoms with E-state index >= 15 is 0 Å². The molecule has 0 aliphatic carbocycles. The van der Waals surface area contributed by atoms with Gasteiger partial charge in [-0.3, -0.25) is 4.79 Å². The molecular formula is C12H20BrNO3. The van der Waals surface area contributed by atoms with Crippen LogP contribution in [0.5, 0.6) is 0 Å². The summed E-state index contributed by atoms with van der Waals surface area (Å²) in [6.07, 6.45) is 1.85. The smallest absolute Gasteiger partial charge is 0.408 e. The van der Waals surface area contributed by atoms with Crippen LogP contribution in [0.1, 0.15) is 34.6 Å². The van der Waals surface area contributed by atoms with Crippen LogP contribution in [0, 0.1) is 5.92 Å². The summed E-state index contributed by atoms with van der Waals surface area (Å²) in [5.41, 5.74) is -0.531. The van der Waals surface area contributed by atoms with Crippen LogP contribution in [0.25, 0.3) is 0 Å². The lowest BCUT2D eigenvalue weighted by molar-refractivity contribution is -0.104. The molecule has 1 atom stereocenters. The van der Waals surface area contributed by atoms with Crippen molar-refractivity contribution in [1.82, 2.24) is 5.32 Å². The van der Waals surface area contributed by atoms with Gasteiger partial charge in [-0.05, 0) is 48.7 Å². The zero-order valence-electron chi connectivity index (χ0n) is 10.9. The van der Waals surface area contributed by atoms with E-state index in [1.807, 2.05) is 13.8 Å². The highest BCUT2D eigenvalue weighted by atomic mass is 79.9. The first-order valence-corrected chi connectivity index (χ1v) is 6.27. The summed E-state index contributed by atoms with van der Waals surface area (Å²) in [4.78, 5) is 22.1. The van der Waals surface area contributed by atoms with Crippen LogP contribution in [0.2, 0.25) is 0 Å². The molecule has 0 saturated carbocycles. The second kappa shape index (κ2) is 6.79. The third-order valence-corrected chi connectivity index (χ3v) is 2.30. The summed E-state index contributed by atoms with van der Waals surface area (Å²) in [6, 6.07) is -0.246. The highest BCUT2D eigenvalue weighted by Crippen LogP contribution is 2.12. The average Bonchev–Trinajstić information content (AvgIpc) is 2.13. The molecule has 1 N–H and O–H groups in total. The molecule has 4 nitrogen and oxygen atoms in total. The number of nitrogens with one attached hydrogen (secondary N) is 1. The Bertz CT molecular complexity index is 305. The Kier molecular flexibility index (Phi) is 6.45. The molecule has 5 heteroatoms. The van der Waals surface area contributed by atoms with Gasteiger partial charge >= 0.3 is 6.09 Å². The molecule has 0 aromatic heterocycles. The predicted octanol–water partition coefficient (Wildman–Crippen LogP) is 3.01. The Morgan fingerprint density at radius 3 is 2.24 bits per heavy atom. The minimum atomic E-state index is -0.531. The lowest BCUT2D eigenvalue weighted by Crippen LogP contribution is -2.40. The lowest BCUT2D eigenvalue weighted by Gasteiger charge is -2.24. The fourth-order valence-electron chi connectivity index (χ4n) is 1.06. The largest absolute Gasteiger partial charge is 0.444 e. The molecule has 0 aromatic rings. The maximum atomic E-state index is 11.6.